The van der Waals surface area contributed by atoms with E-state index in [0.29, 0.717) is 19.5 Å². The van der Waals surface area contributed by atoms with Gasteiger partial charge in [0.2, 0.25) is 0 Å². The molecule has 2 unspecified atom stereocenters. The molecule has 110 valence electrons. The first-order valence-electron chi connectivity index (χ1n) is 6.55. The third kappa shape index (κ3) is 4.96. The van der Waals surface area contributed by atoms with Crippen LogP contribution in [0.1, 0.15) is 34.1 Å². The average molecular weight is 272 g/mol. The third-order valence-electron chi connectivity index (χ3n) is 3.04. The van der Waals surface area contributed by atoms with Gasteiger partial charge in [-0.15, -0.1) is 0 Å². The molecule has 2 atom stereocenters. The maximum absolute atomic E-state index is 11.7. The Morgan fingerprint density at radius 2 is 1.95 bits per heavy atom. The number of likely N-dealkylation sites (tertiary alicyclic amines) is 1. The van der Waals surface area contributed by atoms with Crippen molar-refractivity contribution in [3.05, 3.63) is 0 Å². The Kier molecular flexibility index (Phi) is 5.03. The quantitative estimate of drug-likeness (QED) is 0.792. The maximum atomic E-state index is 11.7. The average Bonchev–Trinajstić information content (AvgIpc) is 2.28. The van der Waals surface area contributed by atoms with Crippen LogP contribution in [0.3, 0.4) is 0 Å². The summed E-state index contributed by atoms with van der Waals surface area (Å²) in [5.74, 6) is 0.167. The number of carbonyl (C=O) groups excluding carboxylic acids is 2. The van der Waals surface area contributed by atoms with Crippen LogP contribution in [0.4, 0.5) is 9.59 Å². The number of hydrogen-bond donors (Lipinski definition) is 1. The predicted octanol–water partition coefficient (Wildman–Crippen LogP) is 1.99. The van der Waals surface area contributed by atoms with E-state index in [0.717, 1.165) is 0 Å². The Bertz CT molecular complexity index is 338. The van der Waals surface area contributed by atoms with Gasteiger partial charge in [-0.2, -0.15) is 0 Å². The van der Waals surface area contributed by atoms with Crippen molar-refractivity contribution in [1.82, 2.24) is 10.2 Å². The Labute approximate surface area is 114 Å². The number of ether oxygens (including phenoxy) is 2. The number of amides is 2. The first kappa shape index (κ1) is 15.6. The molecule has 1 rings (SSSR count). The van der Waals surface area contributed by atoms with E-state index < -0.39 is 11.7 Å². The molecule has 2 amide bonds. The van der Waals surface area contributed by atoms with Crippen LogP contribution in [0.2, 0.25) is 0 Å². The third-order valence-corrected chi connectivity index (χ3v) is 3.04. The van der Waals surface area contributed by atoms with Crippen molar-refractivity contribution in [1.29, 1.82) is 0 Å². The summed E-state index contributed by atoms with van der Waals surface area (Å²) in [5.41, 5.74) is -0.500. The topological polar surface area (TPSA) is 67.9 Å². The van der Waals surface area contributed by atoms with Crippen LogP contribution in [-0.4, -0.2) is 48.9 Å². The summed E-state index contributed by atoms with van der Waals surface area (Å²) >= 11 is 0. The zero-order valence-electron chi connectivity index (χ0n) is 12.4. The largest absolute Gasteiger partial charge is 0.453 e. The molecule has 0 saturated carbocycles. The van der Waals surface area contributed by atoms with Crippen molar-refractivity contribution in [3.8, 4) is 0 Å². The number of carbonyl (C=O) groups is 2. The summed E-state index contributed by atoms with van der Waals surface area (Å²) in [6, 6.07) is 0.0238. The molecule has 0 aliphatic carbocycles. The van der Waals surface area contributed by atoms with Gasteiger partial charge in [-0.3, -0.25) is 0 Å². The van der Waals surface area contributed by atoms with Gasteiger partial charge >= 0.3 is 12.2 Å². The minimum Gasteiger partial charge on any atom is -0.453 e. The molecule has 0 bridgehead atoms. The van der Waals surface area contributed by atoms with Crippen LogP contribution in [0.15, 0.2) is 0 Å². The van der Waals surface area contributed by atoms with Crippen molar-refractivity contribution in [2.75, 3.05) is 20.2 Å². The highest BCUT2D eigenvalue weighted by atomic mass is 16.6. The predicted molar refractivity (Wildman–Crippen MR) is 70.9 cm³/mol. The molecule has 0 spiro atoms. The molecule has 0 aromatic heterocycles. The second-order valence-electron chi connectivity index (χ2n) is 5.93. The van der Waals surface area contributed by atoms with Crippen LogP contribution >= 0.6 is 0 Å². The van der Waals surface area contributed by atoms with Gasteiger partial charge in [0.1, 0.15) is 5.60 Å². The highest BCUT2D eigenvalue weighted by molar-refractivity contribution is 5.69. The van der Waals surface area contributed by atoms with E-state index in [9.17, 15) is 9.59 Å². The van der Waals surface area contributed by atoms with Crippen LogP contribution in [-0.2, 0) is 9.47 Å². The molecule has 0 aromatic rings. The second-order valence-corrected chi connectivity index (χ2v) is 5.93. The number of nitrogens with one attached hydrogen (secondary N) is 1. The summed E-state index contributed by atoms with van der Waals surface area (Å²) < 4.78 is 9.92. The van der Waals surface area contributed by atoms with Crippen LogP contribution in [0.25, 0.3) is 0 Å². The Hall–Kier alpha value is -1.46. The molecule has 6 heteroatoms. The van der Waals surface area contributed by atoms with Gasteiger partial charge in [-0.25, -0.2) is 9.59 Å². The summed E-state index contributed by atoms with van der Waals surface area (Å²) in [5, 5.41) is 2.86. The Morgan fingerprint density at radius 1 is 1.32 bits per heavy atom. The minimum absolute atomic E-state index is 0.0238. The lowest BCUT2D eigenvalue weighted by atomic mass is 9.94. The maximum Gasteiger partial charge on any atom is 0.409 e. The summed E-state index contributed by atoms with van der Waals surface area (Å²) in [7, 11) is 1.37. The number of piperidine rings is 1. The SMILES string of the molecule is COC(=O)N1CCC(NC(=O)OC(C)(C)C)C(C)C1. The fourth-order valence-electron chi connectivity index (χ4n) is 2.11. The smallest absolute Gasteiger partial charge is 0.409 e. The van der Waals surface area contributed by atoms with Gasteiger partial charge in [-0.05, 0) is 33.1 Å². The highest BCUT2D eigenvalue weighted by Gasteiger charge is 2.31. The fraction of sp³-hybridized carbons (Fsp3) is 0.846. The van der Waals surface area contributed by atoms with Crippen molar-refractivity contribution in [3.63, 3.8) is 0 Å². The first-order valence-corrected chi connectivity index (χ1v) is 6.55. The van der Waals surface area contributed by atoms with Gasteiger partial charge in [-0.1, -0.05) is 6.92 Å². The normalized spacial score (nSPS) is 23.7. The van der Waals surface area contributed by atoms with E-state index in [-0.39, 0.29) is 18.1 Å². The van der Waals surface area contributed by atoms with Gasteiger partial charge < -0.3 is 19.7 Å². The zero-order valence-corrected chi connectivity index (χ0v) is 12.4. The Balaban J connectivity index is 2.46. The molecular formula is C13H24N2O4. The van der Waals surface area contributed by atoms with E-state index in [1.165, 1.54) is 7.11 Å². The minimum atomic E-state index is -0.500. The molecule has 1 saturated heterocycles. The van der Waals surface area contributed by atoms with E-state index in [1.54, 1.807) is 4.90 Å². The van der Waals surface area contributed by atoms with Gasteiger partial charge in [0.05, 0.1) is 7.11 Å². The monoisotopic (exact) mass is 272 g/mol. The lowest BCUT2D eigenvalue weighted by Crippen LogP contribution is -2.52. The van der Waals surface area contributed by atoms with Crippen molar-refractivity contribution < 1.29 is 19.1 Å². The fourth-order valence-corrected chi connectivity index (χ4v) is 2.11. The van der Waals surface area contributed by atoms with E-state index >= 15 is 0 Å². The van der Waals surface area contributed by atoms with Gasteiger partial charge in [0.15, 0.2) is 0 Å². The molecule has 1 aliphatic rings. The lowest BCUT2D eigenvalue weighted by molar-refractivity contribution is 0.0440. The summed E-state index contributed by atoms with van der Waals surface area (Å²) in [6.45, 7) is 8.64. The summed E-state index contributed by atoms with van der Waals surface area (Å²) in [4.78, 5) is 24.8. The van der Waals surface area contributed by atoms with Crippen molar-refractivity contribution in [2.24, 2.45) is 5.92 Å². The van der Waals surface area contributed by atoms with Crippen molar-refractivity contribution in [2.45, 2.75) is 45.8 Å². The number of nitrogens with zero attached hydrogens (tertiary/aromatic N) is 1. The molecule has 0 aromatic carbocycles. The molecule has 1 aliphatic heterocycles. The highest BCUT2D eigenvalue weighted by Crippen LogP contribution is 2.18. The second kappa shape index (κ2) is 6.12. The molecule has 1 heterocycles. The molecular weight excluding hydrogens is 248 g/mol. The number of alkyl carbamates (subject to hydrolysis) is 1. The van der Waals surface area contributed by atoms with Gasteiger partial charge in [0.25, 0.3) is 0 Å². The number of hydrogen-bond acceptors (Lipinski definition) is 4. The molecule has 0 radical (unpaired) electrons. The van der Waals surface area contributed by atoms with Gasteiger partial charge in [0, 0.05) is 19.1 Å². The van der Waals surface area contributed by atoms with E-state index in [4.69, 9.17) is 9.47 Å². The standard InChI is InChI=1S/C13H24N2O4/c1-9-8-15(12(17)18-5)7-6-10(9)14-11(16)19-13(2,3)4/h9-10H,6-8H2,1-5H3,(H,14,16). The van der Waals surface area contributed by atoms with Crippen LogP contribution in [0.5, 0.6) is 0 Å². The zero-order chi connectivity index (χ0) is 14.6. The van der Waals surface area contributed by atoms with E-state index in [2.05, 4.69) is 5.32 Å². The van der Waals surface area contributed by atoms with E-state index in [1.807, 2.05) is 27.7 Å². The molecule has 1 fully saturated rings. The van der Waals surface area contributed by atoms with Crippen LogP contribution in [0, 0.1) is 5.92 Å². The Morgan fingerprint density at radius 3 is 2.42 bits per heavy atom. The lowest BCUT2D eigenvalue weighted by Gasteiger charge is -2.36. The summed E-state index contributed by atoms with van der Waals surface area (Å²) in [6.07, 6.45) is -0.0198. The number of methoxy groups -OCH3 is 1. The van der Waals surface area contributed by atoms with Crippen molar-refractivity contribution >= 4 is 12.2 Å². The first-order chi connectivity index (χ1) is 8.73. The molecule has 19 heavy (non-hydrogen) atoms. The number of rotatable bonds is 1. The molecule has 1 N–H and O–H groups in total. The molecule has 6 nitrogen and oxygen atoms in total. The van der Waals surface area contributed by atoms with Crippen LogP contribution < -0.4 is 5.32 Å².